The molecule has 0 aromatic rings. The number of likely N-dealkylation sites (N-methyl/N-ethyl adjacent to an activating group) is 1. The molecule has 66 valence electrons. The predicted molar refractivity (Wildman–Crippen MR) is 43.3 cm³/mol. The van der Waals surface area contributed by atoms with Crippen LogP contribution in [0.25, 0.3) is 0 Å². The Morgan fingerprint density at radius 3 is 2.27 bits per heavy atom. The zero-order chi connectivity index (χ0) is 8.32. The van der Waals surface area contributed by atoms with Gasteiger partial charge in [-0.3, -0.25) is 4.90 Å². The average molecular weight is 159 g/mol. The highest BCUT2D eigenvalue weighted by atomic mass is 16.6. The lowest BCUT2D eigenvalue weighted by Crippen LogP contribution is -2.52. The number of hydrogen-bond donors (Lipinski definition) is 1. The van der Waals surface area contributed by atoms with Gasteiger partial charge in [-0.05, 0) is 13.1 Å². The van der Waals surface area contributed by atoms with Gasteiger partial charge in [0.15, 0.2) is 5.79 Å². The van der Waals surface area contributed by atoms with Crippen LogP contribution in [-0.4, -0.2) is 42.0 Å². The first-order valence-electron chi connectivity index (χ1n) is 4.29. The van der Waals surface area contributed by atoms with Crippen molar-refractivity contribution in [2.24, 2.45) is 0 Å². The molecule has 0 aromatic heterocycles. The second-order valence-electron chi connectivity index (χ2n) is 3.01. The van der Waals surface area contributed by atoms with Gasteiger partial charge in [0.25, 0.3) is 0 Å². The molecule has 1 N–H and O–H groups in total. The van der Waals surface area contributed by atoms with E-state index in [4.69, 9.17) is 4.74 Å². The molecule has 0 radical (unpaired) electrons. The largest absolute Gasteiger partial charge is 0.364 e. The van der Waals surface area contributed by atoms with Crippen molar-refractivity contribution < 1.29 is 9.84 Å². The summed E-state index contributed by atoms with van der Waals surface area (Å²) in [4.78, 5) is 2.17. The van der Waals surface area contributed by atoms with Gasteiger partial charge in [0.2, 0.25) is 0 Å². The minimum Gasteiger partial charge on any atom is -0.364 e. The van der Waals surface area contributed by atoms with E-state index in [0.717, 1.165) is 19.5 Å². The van der Waals surface area contributed by atoms with Crippen LogP contribution < -0.4 is 0 Å². The van der Waals surface area contributed by atoms with Crippen LogP contribution in [0, 0.1) is 0 Å². The third-order valence-corrected chi connectivity index (χ3v) is 2.23. The van der Waals surface area contributed by atoms with Crippen LogP contribution >= 0.6 is 0 Å². The Balaban J connectivity index is 2.27. The van der Waals surface area contributed by atoms with Crippen molar-refractivity contribution >= 4 is 0 Å². The van der Waals surface area contributed by atoms with E-state index in [1.807, 2.05) is 0 Å². The second kappa shape index (κ2) is 3.52. The van der Waals surface area contributed by atoms with E-state index >= 15 is 0 Å². The van der Waals surface area contributed by atoms with E-state index in [9.17, 15) is 5.11 Å². The molecule has 1 fully saturated rings. The molecule has 0 amide bonds. The minimum absolute atomic E-state index is 0.653. The number of hydrogen-bond acceptors (Lipinski definition) is 3. The van der Waals surface area contributed by atoms with Crippen LogP contribution in [0.1, 0.15) is 20.3 Å². The molecule has 0 aromatic carbocycles. The topological polar surface area (TPSA) is 32.7 Å². The molecular formula is C8H17NO2. The summed E-state index contributed by atoms with van der Waals surface area (Å²) in [7, 11) is 0. The molecule has 1 saturated heterocycles. The van der Waals surface area contributed by atoms with Crippen molar-refractivity contribution in [3.63, 3.8) is 0 Å². The first-order valence-corrected chi connectivity index (χ1v) is 4.29. The maximum absolute atomic E-state index is 9.58. The summed E-state index contributed by atoms with van der Waals surface area (Å²) in [6.07, 6.45) is 0.781. The van der Waals surface area contributed by atoms with Crippen LogP contribution in [0.2, 0.25) is 0 Å². The summed E-state index contributed by atoms with van der Waals surface area (Å²) in [6.45, 7) is 7.49. The Bertz CT molecular complexity index is 119. The van der Waals surface area contributed by atoms with Gasteiger partial charge in [0.05, 0.1) is 13.2 Å². The van der Waals surface area contributed by atoms with E-state index in [2.05, 4.69) is 18.7 Å². The quantitative estimate of drug-likeness (QED) is 0.646. The van der Waals surface area contributed by atoms with E-state index in [-0.39, 0.29) is 0 Å². The fraction of sp³-hybridized carbons (Fsp3) is 1.00. The summed E-state index contributed by atoms with van der Waals surface area (Å²) in [5.74, 6) is -0.827. The molecule has 11 heavy (non-hydrogen) atoms. The molecular weight excluding hydrogens is 142 g/mol. The van der Waals surface area contributed by atoms with Crippen LogP contribution in [0.15, 0.2) is 0 Å². The summed E-state index contributed by atoms with van der Waals surface area (Å²) < 4.78 is 5.07. The Hall–Kier alpha value is -0.120. The monoisotopic (exact) mass is 159 g/mol. The van der Waals surface area contributed by atoms with Gasteiger partial charge in [-0.1, -0.05) is 13.8 Å². The van der Waals surface area contributed by atoms with Gasteiger partial charge in [-0.2, -0.15) is 0 Å². The van der Waals surface area contributed by atoms with Crippen LogP contribution in [0.4, 0.5) is 0 Å². The summed E-state index contributed by atoms with van der Waals surface area (Å²) >= 11 is 0. The highest BCUT2D eigenvalue weighted by Gasteiger charge is 2.36. The van der Waals surface area contributed by atoms with Gasteiger partial charge >= 0.3 is 0 Å². The SMILES string of the molecule is CCN(CC)CC1(O)CCO1. The lowest BCUT2D eigenvalue weighted by atomic mass is 10.1. The molecule has 0 saturated carbocycles. The minimum atomic E-state index is -0.827. The van der Waals surface area contributed by atoms with E-state index in [0.29, 0.717) is 13.2 Å². The standard InChI is InChI=1S/C8H17NO2/c1-3-9(4-2)7-8(10)5-6-11-8/h10H,3-7H2,1-2H3. The fourth-order valence-electron chi connectivity index (χ4n) is 1.26. The molecule has 1 aliphatic heterocycles. The van der Waals surface area contributed by atoms with Crippen molar-refractivity contribution in [2.45, 2.75) is 26.1 Å². The highest BCUT2D eigenvalue weighted by molar-refractivity contribution is 4.78. The van der Waals surface area contributed by atoms with E-state index in [1.165, 1.54) is 0 Å². The molecule has 3 heteroatoms. The third kappa shape index (κ3) is 2.15. The smallest absolute Gasteiger partial charge is 0.180 e. The Labute approximate surface area is 68.0 Å². The maximum Gasteiger partial charge on any atom is 0.180 e. The molecule has 0 bridgehead atoms. The second-order valence-corrected chi connectivity index (χ2v) is 3.01. The highest BCUT2D eigenvalue weighted by Crippen LogP contribution is 2.23. The van der Waals surface area contributed by atoms with Gasteiger partial charge in [0, 0.05) is 6.42 Å². The number of aliphatic hydroxyl groups is 1. The Kier molecular flexibility index (Phi) is 2.87. The third-order valence-electron chi connectivity index (χ3n) is 2.23. The van der Waals surface area contributed by atoms with Gasteiger partial charge in [-0.25, -0.2) is 0 Å². The van der Waals surface area contributed by atoms with Crippen molar-refractivity contribution in [1.82, 2.24) is 4.90 Å². The first-order chi connectivity index (χ1) is 5.20. The van der Waals surface area contributed by atoms with Gasteiger partial charge in [-0.15, -0.1) is 0 Å². The molecule has 1 heterocycles. The lowest BCUT2D eigenvalue weighted by Gasteiger charge is -2.39. The maximum atomic E-state index is 9.58. The zero-order valence-electron chi connectivity index (χ0n) is 7.34. The van der Waals surface area contributed by atoms with Gasteiger partial charge < -0.3 is 9.84 Å². The van der Waals surface area contributed by atoms with Crippen molar-refractivity contribution in [1.29, 1.82) is 0 Å². The average Bonchev–Trinajstić information content (AvgIpc) is 1.97. The molecule has 1 unspecified atom stereocenters. The van der Waals surface area contributed by atoms with E-state index in [1.54, 1.807) is 0 Å². The Morgan fingerprint density at radius 2 is 2.00 bits per heavy atom. The summed E-state index contributed by atoms with van der Waals surface area (Å²) in [5, 5.41) is 9.58. The lowest BCUT2D eigenvalue weighted by molar-refractivity contribution is -0.287. The van der Waals surface area contributed by atoms with Crippen molar-refractivity contribution in [3.8, 4) is 0 Å². The fourth-order valence-corrected chi connectivity index (χ4v) is 1.26. The van der Waals surface area contributed by atoms with Crippen molar-refractivity contribution in [2.75, 3.05) is 26.2 Å². The molecule has 1 atom stereocenters. The van der Waals surface area contributed by atoms with Crippen LogP contribution in [-0.2, 0) is 4.74 Å². The zero-order valence-corrected chi connectivity index (χ0v) is 7.34. The van der Waals surface area contributed by atoms with Crippen LogP contribution in [0.5, 0.6) is 0 Å². The van der Waals surface area contributed by atoms with Crippen molar-refractivity contribution in [3.05, 3.63) is 0 Å². The predicted octanol–water partition coefficient (Wildman–Crippen LogP) is 0.437. The molecule has 0 aliphatic carbocycles. The van der Waals surface area contributed by atoms with Gasteiger partial charge in [0.1, 0.15) is 0 Å². The molecule has 1 aliphatic rings. The number of ether oxygens (including phenoxy) is 1. The number of rotatable bonds is 4. The number of nitrogens with zero attached hydrogens (tertiary/aromatic N) is 1. The first kappa shape index (κ1) is 8.97. The Morgan fingerprint density at radius 1 is 1.45 bits per heavy atom. The summed E-state index contributed by atoms with van der Waals surface area (Å²) in [5.41, 5.74) is 0. The molecule has 0 spiro atoms. The summed E-state index contributed by atoms with van der Waals surface area (Å²) in [6, 6.07) is 0. The normalized spacial score (nSPS) is 30.5. The van der Waals surface area contributed by atoms with Crippen LogP contribution in [0.3, 0.4) is 0 Å². The molecule has 1 rings (SSSR count). The van der Waals surface area contributed by atoms with E-state index < -0.39 is 5.79 Å². The molecule has 3 nitrogen and oxygen atoms in total.